The molecule has 110 valence electrons. The lowest BCUT2D eigenvalue weighted by molar-refractivity contribution is -0.384. The number of allylic oxidation sites excluding steroid dienone is 1. The molecule has 0 aliphatic carbocycles. The zero-order chi connectivity index (χ0) is 15.8. The summed E-state index contributed by atoms with van der Waals surface area (Å²) in [6, 6.07) is 5.46. The van der Waals surface area contributed by atoms with Crippen LogP contribution in [0.15, 0.2) is 30.3 Å². The van der Waals surface area contributed by atoms with Crippen molar-refractivity contribution in [1.29, 1.82) is 0 Å². The van der Waals surface area contributed by atoms with Crippen LogP contribution in [0.3, 0.4) is 0 Å². The van der Waals surface area contributed by atoms with Crippen molar-refractivity contribution in [2.24, 2.45) is 5.92 Å². The van der Waals surface area contributed by atoms with Crippen LogP contribution in [0.1, 0.15) is 12.5 Å². The Bertz CT molecular complexity index is 576. The highest BCUT2D eigenvalue weighted by molar-refractivity contribution is 6.16. The summed E-state index contributed by atoms with van der Waals surface area (Å²) in [5.41, 5.74) is 0.457. The molecule has 1 unspecified atom stereocenters. The molecule has 0 fully saturated rings. The van der Waals surface area contributed by atoms with Gasteiger partial charge in [-0.15, -0.1) is 0 Å². The third kappa shape index (κ3) is 4.64. The Balaban J connectivity index is 2.78. The van der Waals surface area contributed by atoms with Crippen molar-refractivity contribution >= 4 is 29.8 Å². The minimum absolute atomic E-state index is 0.0719. The molecule has 0 radical (unpaired) electrons. The first-order valence-corrected chi connectivity index (χ1v) is 6.08. The van der Waals surface area contributed by atoms with Gasteiger partial charge in [-0.25, -0.2) is 0 Å². The highest BCUT2D eigenvalue weighted by Gasteiger charge is 2.25. The third-order valence-electron chi connectivity index (χ3n) is 2.53. The molecule has 0 bridgehead atoms. The number of esters is 1. The van der Waals surface area contributed by atoms with Gasteiger partial charge in [0.1, 0.15) is 6.29 Å². The van der Waals surface area contributed by atoms with Gasteiger partial charge in [0.25, 0.3) is 5.69 Å². The zero-order valence-electron chi connectivity index (χ0n) is 11.2. The zero-order valence-corrected chi connectivity index (χ0v) is 11.2. The number of hydrogen-bond donors (Lipinski definition) is 0. The van der Waals surface area contributed by atoms with Crippen LogP contribution < -0.4 is 0 Å². The summed E-state index contributed by atoms with van der Waals surface area (Å²) in [6.07, 6.45) is 2.65. The molecule has 7 heteroatoms. The predicted molar refractivity (Wildman–Crippen MR) is 73.3 cm³/mol. The number of nitro benzene ring substituents is 1. The minimum atomic E-state index is -1.49. The lowest BCUT2D eigenvalue weighted by atomic mass is 10.0. The van der Waals surface area contributed by atoms with Gasteiger partial charge in [-0.3, -0.25) is 19.7 Å². The summed E-state index contributed by atoms with van der Waals surface area (Å²) in [6.45, 7) is 1.64. The maximum Gasteiger partial charge on any atom is 0.324 e. The number of benzene rings is 1. The quantitative estimate of drug-likeness (QED) is 0.188. The van der Waals surface area contributed by atoms with E-state index in [1.807, 2.05) is 0 Å². The van der Waals surface area contributed by atoms with Gasteiger partial charge in [0.2, 0.25) is 0 Å². The molecule has 21 heavy (non-hydrogen) atoms. The highest BCUT2D eigenvalue weighted by atomic mass is 16.6. The first-order chi connectivity index (χ1) is 9.99. The van der Waals surface area contributed by atoms with Gasteiger partial charge in [0, 0.05) is 12.1 Å². The molecule has 0 spiro atoms. The van der Waals surface area contributed by atoms with E-state index < -0.39 is 22.6 Å². The van der Waals surface area contributed by atoms with Crippen LogP contribution in [0.4, 0.5) is 5.69 Å². The molecule has 0 N–H and O–H groups in total. The van der Waals surface area contributed by atoms with Crippen LogP contribution in [-0.4, -0.2) is 29.6 Å². The van der Waals surface area contributed by atoms with Crippen molar-refractivity contribution in [3.8, 4) is 0 Å². The van der Waals surface area contributed by atoms with E-state index in [0.717, 1.165) is 6.08 Å². The van der Waals surface area contributed by atoms with E-state index in [9.17, 15) is 24.5 Å². The second-order valence-corrected chi connectivity index (χ2v) is 3.95. The van der Waals surface area contributed by atoms with Crippen LogP contribution in [0.5, 0.6) is 0 Å². The first-order valence-electron chi connectivity index (χ1n) is 6.08. The van der Waals surface area contributed by atoms with Gasteiger partial charge < -0.3 is 9.53 Å². The Morgan fingerprint density at radius 2 is 1.95 bits per heavy atom. The van der Waals surface area contributed by atoms with Gasteiger partial charge in [0.15, 0.2) is 11.7 Å². The normalized spacial score (nSPS) is 11.9. The Morgan fingerprint density at radius 1 is 1.33 bits per heavy atom. The second-order valence-electron chi connectivity index (χ2n) is 3.95. The fraction of sp³-hybridized carbons (Fsp3) is 0.214. The van der Waals surface area contributed by atoms with E-state index in [1.165, 1.54) is 30.3 Å². The average molecular weight is 291 g/mol. The molecule has 1 rings (SSSR count). The number of non-ortho nitro benzene ring substituents is 1. The maximum absolute atomic E-state index is 11.7. The second kappa shape index (κ2) is 7.68. The number of carbonyl (C=O) groups excluding carboxylic acids is 3. The summed E-state index contributed by atoms with van der Waals surface area (Å²) in [5.74, 6) is -3.09. The van der Waals surface area contributed by atoms with E-state index in [2.05, 4.69) is 4.74 Å². The summed E-state index contributed by atoms with van der Waals surface area (Å²) in [4.78, 5) is 43.8. The smallest absolute Gasteiger partial charge is 0.324 e. The van der Waals surface area contributed by atoms with Gasteiger partial charge >= 0.3 is 5.97 Å². The van der Waals surface area contributed by atoms with Crippen molar-refractivity contribution < 1.29 is 24.0 Å². The Hall–Kier alpha value is -2.83. The monoisotopic (exact) mass is 291 g/mol. The molecule has 0 saturated carbocycles. The van der Waals surface area contributed by atoms with E-state index >= 15 is 0 Å². The summed E-state index contributed by atoms with van der Waals surface area (Å²) < 4.78 is 4.61. The number of carbonyl (C=O) groups is 3. The number of ether oxygens (including phenoxy) is 1. The van der Waals surface area contributed by atoms with Crippen molar-refractivity contribution in [2.45, 2.75) is 6.92 Å². The van der Waals surface area contributed by atoms with Crippen LogP contribution in [0, 0.1) is 16.0 Å². The minimum Gasteiger partial charge on any atom is -0.465 e. The van der Waals surface area contributed by atoms with Gasteiger partial charge in [-0.05, 0) is 30.7 Å². The Kier molecular flexibility index (Phi) is 5.94. The molecule has 0 amide bonds. The summed E-state index contributed by atoms with van der Waals surface area (Å²) in [5, 5.41) is 10.5. The fourth-order valence-electron chi connectivity index (χ4n) is 1.46. The van der Waals surface area contributed by atoms with E-state index in [-0.39, 0.29) is 18.6 Å². The lowest BCUT2D eigenvalue weighted by Gasteiger charge is -2.05. The van der Waals surface area contributed by atoms with E-state index in [0.29, 0.717) is 5.56 Å². The Morgan fingerprint density at radius 3 is 2.43 bits per heavy atom. The number of ketones is 1. The number of hydrogen-bond acceptors (Lipinski definition) is 6. The van der Waals surface area contributed by atoms with Crippen molar-refractivity contribution in [1.82, 2.24) is 0 Å². The molecule has 1 aromatic rings. The van der Waals surface area contributed by atoms with Crippen LogP contribution in [0.2, 0.25) is 0 Å². The number of rotatable bonds is 7. The molecule has 7 nitrogen and oxygen atoms in total. The predicted octanol–water partition coefficient (Wildman–Crippen LogP) is 1.56. The number of aldehydes is 1. The molecule has 1 aromatic carbocycles. The maximum atomic E-state index is 11.7. The standard InChI is InChI=1S/C14H13NO6/c1-2-21-14(18)12(9-16)13(17)8-5-10-3-6-11(7-4-10)15(19)20/h3-9,12H,2H2,1H3/b8-5+. The molecule has 0 saturated heterocycles. The molecule has 0 aliphatic rings. The summed E-state index contributed by atoms with van der Waals surface area (Å²) >= 11 is 0. The largest absolute Gasteiger partial charge is 0.465 e. The van der Waals surface area contributed by atoms with E-state index in [4.69, 9.17) is 0 Å². The number of nitro groups is 1. The third-order valence-corrected chi connectivity index (χ3v) is 2.53. The molecule has 0 aromatic heterocycles. The fourth-order valence-corrected chi connectivity index (χ4v) is 1.46. The lowest BCUT2D eigenvalue weighted by Crippen LogP contribution is -2.26. The van der Waals surface area contributed by atoms with Gasteiger partial charge in [-0.2, -0.15) is 0 Å². The molecular formula is C14H13NO6. The van der Waals surface area contributed by atoms with Crippen molar-refractivity contribution in [3.63, 3.8) is 0 Å². The average Bonchev–Trinajstić information content (AvgIpc) is 2.46. The van der Waals surface area contributed by atoms with Crippen LogP contribution in [0.25, 0.3) is 6.08 Å². The SMILES string of the molecule is CCOC(=O)C(C=O)C(=O)/C=C/c1ccc([N+](=O)[O-])cc1. The first kappa shape index (κ1) is 16.2. The molecule has 0 heterocycles. The topological polar surface area (TPSA) is 104 Å². The van der Waals surface area contributed by atoms with Crippen LogP contribution >= 0.6 is 0 Å². The van der Waals surface area contributed by atoms with Crippen LogP contribution in [-0.2, 0) is 19.1 Å². The highest BCUT2D eigenvalue weighted by Crippen LogP contribution is 2.13. The van der Waals surface area contributed by atoms with Gasteiger partial charge in [-0.1, -0.05) is 6.08 Å². The number of nitrogens with zero attached hydrogens (tertiary/aromatic N) is 1. The van der Waals surface area contributed by atoms with E-state index in [1.54, 1.807) is 6.92 Å². The molecule has 1 atom stereocenters. The summed E-state index contributed by atoms with van der Waals surface area (Å²) in [7, 11) is 0. The molecule has 0 aliphatic heterocycles. The van der Waals surface area contributed by atoms with Crippen molar-refractivity contribution in [2.75, 3.05) is 6.61 Å². The molecular weight excluding hydrogens is 278 g/mol. The van der Waals surface area contributed by atoms with Crippen molar-refractivity contribution in [3.05, 3.63) is 46.0 Å². The van der Waals surface area contributed by atoms with Gasteiger partial charge in [0.05, 0.1) is 11.5 Å². The Labute approximate surface area is 120 Å².